The van der Waals surface area contributed by atoms with E-state index in [9.17, 15) is 9.18 Å². The molecule has 24 heavy (non-hydrogen) atoms. The molecule has 0 fully saturated rings. The Labute approximate surface area is 138 Å². The van der Waals surface area contributed by atoms with Gasteiger partial charge in [-0.25, -0.2) is 9.37 Å². The normalized spacial score (nSPS) is 10.7. The van der Waals surface area contributed by atoms with Crippen molar-refractivity contribution in [2.45, 2.75) is 19.3 Å². The van der Waals surface area contributed by atoms with E-state index in [4.69, 9.17) is 5.73 Å². The Morgan fingerprint density at radius 1 is 1.12 bits per heavy atom. The number of hydrogen-bond acceptors (Lipinski definition) is 3. The van der Waals surface area contributed by atoms with Crippen LogP contribution in [0.1, 0.15) is 28.2 Å². The lowest BCUT2D eigenvalue weighted by Gasteiger charge is -2.05. The monoisotopic (exact) mass is 324 g/mol. The molecule has 0 atom stereocenters. The van der Waals surface area contributed by atoms with E-state index in [1.54, 1.807) is 24.3 Å². The Balaban J connectivity index is 1.63. The molecule has 3 aromatic rings. The number of primary amides is 1. The van der Waals surface area contributed by atoms with Gasteiger partial charge in [-0.1, -0.05) is 30.3 Å². The Kier molecular flexibility index (Phi) is 4.65. The fraction of sp³-hybridized carbons (Fsp3) is 0.167. The van der Waals surface area contributed by atoms with Crippen molar-refractivity contribution in [3.63, 3.8) is 0 Å². The van der Waals surface area contributed by atoms with Crippen molar-refractivity contribution < 1.29 is 9.18 Å². The van der Waals surface area contributed by atoms with E-state index in [1.807, 2.05) is 12.1 Å². The van der Waals surface area contributed by atoms with Gasteiger partial charge in [0.15, 0.2) is 5.82 Å². The summed E-state index contributed by atoms with van der Waals surface area (Å²) in [6.07, 6.45) is 2.19. The van der Waals surface area contributed by atoms with Gasteiger partial charge in [0.2, 0.25) is 5.91 Å². The van der Waals surface area contributed by atoms with E-state index in [-0.39, 0.29) is 5.82 Å². The molecule has 0 aliphatic heterocycles. The van der Waals surface area contributed by atoms with E-state index in [1.165, 1.54) is 12.1 Å². The fourth-order valence-corrected chi connectivity index (χ4v) is 2.59. The Morgan fingerprint density at radius 2 is 1.96 bits per heavy atom. The number of H-pyrrole nitrogens is 1. The lowest BCUT2D eigenvalue weighted by Crippen LogP contribution is -2.13. The number of aryl methyl sites for hydroxylation is 2. The maximum absolute atomic E-state index is 13.2. The van der Waals surface area contributed by atoms with Crippen LogP contribution in [0.25, 0.3) is 11.4 Å². The molecule has 1 amide bonds. The van der Waals surface area contributed by atoms with Gasteiger partial charge in [-0.2, -0.15) is 5.10 Å². The van der Waals surface area contributed by atoms with Crippen molar-refractivity contribution >= 4 is 5.91 Å². The quantitative estimate of drug-likeness (QED) is 0.731. The van der Waals surface area contributed by atoms with Gasteiger partial charge in [0, 0.05) is 17.5 Å². The van der Waals surface area contributed by atoms with Gasteiger partial charge in [0.05, 0.1) is 0 Å². The zero-order valence-electron chi connectivity index (χ0n) is 13.0. The van der Waals surface area contributed by atoms with Crippen molar-refractivity contribution in [3.05, 3.63) is 71.3 Å². The molecule has 6 heteroatoms. The minimum atomic E-state index is -0.418. The smallest absolute Gasteiger partial charge is 0.248 e. The number of carbonyl (C=O) groups excluding carboxylic acids is 1. The number of amides is 1. The molecule has 0 saturated carbocycles. The Morgan fingerprint density at radius 3 is 2.75 bits per heavy atom. The highest BCUT2D eigenvalue weighted by atomic mass is 19.1. The van der Waals surface area contributed by atoms with Crippen molar-refractivity contribution in [2.24, 2.45) is 5.73 Å². The second-order valence-corrected chi connectivity index (χ2v) is 5.49. The van der Waals surface area contributed by atoms with Gasteiger partial charge < -0.3 is 5.73 Å². The number of rotatable bonds is 6. The van der Waals surface area contributed by atoms with Gasteiger partial charge in [0.25, 0.3) is 0 Å². The summed E-state index contributed by atoms with van der Waals surface area (Å²) < 4.78 is 13.2. The molecule has 5 nitrogen and oxygen atoms in total. The lowest BCUT2D eigenvalue weighted by molar-refractivity contribution is 0.0999. The molecule has 1 heterocycles. The molecule has 122 valence electrons. The summed E-state index contributed by atoms with van der Waals surface area (Å²) >= 11 is 0. The third kappa shape index (κ3) is 3.65. The molecular formula is C18H17FN4O. The summed E-state index contributed by atoms with van der Waals surface area (Å²) in [5, 5.41) is 6.99. The van der Waals surface area contributed by atoms with E-state index in [0.29, 0.717) is 23.4 Å². The number of hydrogen-bond donors (Lipinski definition) is 2. The average molecular weight is 324 g/mol. The van der Waals surface area contributed by atoms with E-state index in [0.717, 1.165) is 24.2 Å². The molecule has 0 saturated heterocycles. The van der Waals surface area contributed by atoms with Crippen LogP contribution in [0.3, 0.4) is 0 Å². The fourth-order valence-electron chi connectivity index (χ4n) is 2.59. The number of benzene rings is 2. The maximum Gasteiger partial charge on any atom is 0.248 e. The van der Waals surface area contributed by atoms with Gasteiger partial charge in [-0.05, 0) is 36.6 Å². The Bertz CT molecular complexity index is 859. The largest absolute Gasteiger partial charge is 0.366 e. The number of nitrogens with two attached hydrogens (primary N) is 1. The molecule has 0 aliphatic carbocycles. The Hall–Kier alpha value is -3.02. The summed E-state index contributed by atoms with van der Waals surface area (Å²) in [5.41, 5.74) is 7.49. The van der Waals surface area contributed by atoms with Crippen molar-refractivity contribution in [1.82, 2.24) is 15.2 Å². The van der Waals surface area contributed by atoms with E-state index < -0.39 is 5.91 Å². The van der Waals surface area contributed by atoms with Gasteiger partial charge in [-0.15, -0.1) is 0 Å². The number of nitrogens with one attached hydrogen (secondary N) is 1. The van der Waals surface area contributed by atoms with Crippen LogP contribution >= 0.6 is 0 Å². The maximum atomic E-state index is 13.2. The average Bonchev–Trinajstić information content (AvgIpc) is 3.04. The standard InChI is InChI=1S/C18H17FN4O/c19-14-8-3-7-13(11-14)18-21-16(22-23-18)10-4-6-12-5-1-2-9-15(12)17(20)24/h1-3,5,7-9,11H,4,6,10H2,(H2,20,24)(H,21,22,23). The third-order valence-electron chi connectivity index (χ3n) is 3.76. The predicted molar refractivity (Wildman–Crippen MR) is 88.8 cm³/mol. The highest BCUT2D eigenvalue weighted by molar-refractivity contribution is 5.94. The van der Waals surface area contributed by atoms with Gasteiger partial charge >= 0.3 is 0 Å². The highest BCUT2D eigenvalue weighted by Crippen LogP contribution is 2.17. The minimum Gasteiger partial charge on any atom is -0.366 e. The summed E-state index contributed by atoms with van der Waals surface area (Å²) in [5.74, 6) is 0.466. The molecule has 0 bridgehead atoms. The van der Waals surface area contributed by atoms with Crippen LogP contribution in [-0.4, -0.2) is 21.1 Å². The second kappa shape index (κ2) is 7.04. The number of carbonyl (C=O) groups is 1. The highest BCUT2D eigenvalue weighted by Gasteiger charge is 2.09. The second-order valence-electron chi connectivity index (χ2n) is 5.49. The number of aromatic amines is 1. The van der Waals surface area contributed by atoms with E-state index in [2.05, 4.69) is 15.2 Å². The molecule has 0 spiro atoms. The zero-order valence-corrected chi connectivity index (χ0v) is 13.0. The van der Waals surface area contributed by atoms with Crippen LogP contribution in [-0.2, 0) is 12.8 Å². The van der Waals surface area contributed by atoms with Crippen LogP contribution < -0.4 is 5.73 Å². The first kappa shape index (κ1) is 15.9. The molecule has 2 aromatic carbocycles. The predicted octanol–water partition coefficient (Wildman–Crippen LogP) is 2.89. The molecule has 0 unspecified atom stereocenters. The minimum absolute atomic E-state index is 0.318. The number of halogens is 1. The number of aromatic nitrogens is 3. The molecule has 3 N–H and O–H groups in total. The first-order valence-corrected chi connectivity index (χ1v) is 7.68. The first-order valence-electron chi connectivity index (χ1n) is 7.68. The van der Waals surface area contributed by atoms with Gasteiger partial charge in [-0.3, -0.25) is 9.89 Å². The SMILES string of the molecule is NC(=O)c1ccccc1CCCc1nc(-c2cccc(F)c2)n[nH]1. The summed E-state index contributed by atoms with van der Waals surface area (Å²) in [7, 11) is 0. The van der Waals surface area contributed by atoms with Crippen LogP contribution in [0.5, 0.6) is 0 Å². The van der Waals surface area contributed by atoms with Crippen LogP contribution in [0, 0.1) is 5.82 Å². The van der Waals surface area contributed by atoms with Crippen LogP contribution in [0.15, 0.2) is 48.5 Å². The van der Waals surface area contributed by atoms with Crippen LogP contribution in [0.2, 0.25) is 0 Å². The van der Waals surface area contributed by atoms with Crippen molar-refractivity contribution in [2.75, 3.05) is 0 Å². The van der Waals surface area contributed by atoms with E-state index >= 15 is 0 Å². The number of nitrogens with zero attached hydrogens (tertiary/aromatic N) is 2. The first-order chi connectivity index (χ1) is 11.6. The lowest BCUT2D eigenvalue weighted by atomic mass is 10.0. The molecule has 0 radical (unpaired) electrons. The van der Waals surface area contributed by atoms with Gasteiger partial charge in [0.1, 0.15) is 11.6 Å². The summed E-state index contributed by atoms with van der Waals surface area (Å²) in [6.45, 7) is 0. The molecule has 0 aliphatic rings. The topological polar surface area (TPSA) is 84.7 Å². The van der Waals surface area contributed by atoms with Crippen molar-refractivity contribution in [1.29, 1.82) is 0 Å². The molecular weight excluding hydrogens is 307 g/mol. The molecule has 1 aromatic heterocycles. The van der Waals surface area contributed by atoms with Crippen LogP contribution in [0.4, 0.5) is 4.39 Å². The van der Waals surface area contributed by atoms with Crippen molar-refractivity contribution in [3.8, 4) is 11.4 Å². The third-order valence-corrected chi connectivity index (χ3v) is 3.76. The summed E-state index contributed by atoms with van der Waals surface area (Å²) in [6, 6.07) is 13.5. The zero-order chi connectivity index (χ0) is 16.9. The molecule has 3 rings (SSSR count). The summed E-state index contributed by atoms with van der Waals surface area (Å²) in [4.78, 5) is 15.8.